The van der Waals surface area contributed by atoms with E-state index in [9.17, 15) is 12.8 Å². The molecule has 0 bridgehead atoms. The van der Waals surface area contributed by atoms with E-state index in [1.165, 1.54) is 24.5 Å². The molecule has 0 amide bonds. The van der Waals surface area contributed by atoms with E-state index in [-0.39, 0.29) is 17.6 Å². The van der Waals surface area contributed by atoms with Crippen molar-refractivity contribution in [3.63, 3.8) is 0 Å². The summed E-state index contributed by atoms with van der Waals surface area (Å²) in [5.74, 6) is -0.452. The normalized spacial score (nSPS) is 13.2. The quantitative estimate of drug-likeness (QED) is 0.842. The topological polar surface area (TPSA) is 64.0 Å². The van der Waals surface area contributed by atoms with E-state index in [1.54, 1.807) is 10.9 Å². The second-order valence-corrected chi connectivity index (χ2v) is 7.63. The zero-order chi connectivity index (χ0) is 16.2. The fourth-order valence-electron chi connectivity index (χ4n) is 2.22. The molecular formula is C15H20FN3O2S. The first-order chi connectivity index (χ1) is 10.3. The molecule has 22 heavy (non-hydrogen) atoms. The average Bonchev–Trinajstić information content (AvgIpc) is 2.90. The summed E-state index contributed by atoms with van der Waals surface area (Å²) in [7, 11) is -3.16. The van der Waals surface area contributed by atoms with Crippen LogP contribution in [0, 0.1) is 5.82 Å². The van der Waals surface area contributed by atoms with Gasteiger partial charge in [-0.25, -0.2) is 12.8 Å². The van der Waals surface area contributed by atoms with Crippen LogP contribution in [0.2, 0.25) is 0 Å². The van der Waals surface area contributed by atoms with Crippen LogP contribution in [0.5, 0.6) is 0 Å². The second-order valence-electron chi connectivity index (χ2n) is 5.49. The minimum absolute atomic E-state index is 0.0855. The van der Waals surface area contributed by atoms with Gasteiger partial charge in [0.15, 0.2) is 9.84 Å². The molecule has 2 aromatic rings. The Labute approximate surface area is 130 Å². The van der Waals surface area contributed by atoms with Crippen molar-refractivity contribution in [2.75, 3.05) is 6.26 Å². The van der Waals surface area contributed by atoms with Gasteiger partial charge in [0.05, 0.1) is 12.3 Å². The number of rotatable bonds is 7. The van der Waals surface area contributed by atoms with E-state index in [0.29, 0.717) is 24.2 Å². The third-order valence-electron chi connectivity index (χ3n) is 3.25. The molecule has 120 valence electrons. The molecule has 1 N–H and O–H groups in total. The van der Waals surface area contributed by atoms with E-state index in [1.807, 2.05) is 19.2 Å². The van der Waals surface area contributed by atoms with E-state index < -0.39 is 9.84 Å². The lowest BCUT2D eigenvalue weighted by Crippen LogP contribution is -2.30. The molecule has 1 aromatic carbocycles. The van der Waals surface area contributed by atoms with Crippen molar-refractivity contribution < 1.29 is 12.8 Å². The molecule has 5 nitrogen and oxygen atoms in total. The average molecular weight is 325 g/mol. The van der Waals surface area contributed by atoms with E-state index in [4.69, 9.17) is 0 Å². The van der Waals surface area contributed by atoms with Crippen LogP contribution in [-0.4, -0.2) is 30.5 Å². The molecule has 1 aromatic heterocycles. The molecule has 0 radical (unpaired) electrons. The van der Waals surface area contributed by atoms with Gasteiger partial charge in [-0.2, -0.15) is 5.10 Å². The summed E-state index contributed by atoms with van der Waals surface area (Å²) in [6.45, 7) is 3.09. The Morgan fingerprint density at radius 1 is 1.36 bits per heavy atom. The highest BCUT2D eigenvalue weighted by molar-refractivity contribution is 7.89. The van der Waals surface area contributed by atoms with Crippen LogP contribution in [0.1, 0.15) is 18.1 Å². The minimum Gasteiger partial charge on any atom is -0.308 e. The molecule has 0 aliphatic rings. The first kappa shape index (κ1) is 16.6. The number of aromatic nitrogens is 2. The number of nitrogens with one attached hydrogen (secondary N) is 1. The highest BCUT2D eigenvalue weighted by Gasteiger charge is 2.11. The number of hydrogen-bond acceptors (Lipinski definition) is 4. The third-order valence-corrected chi connectivity index (χ3v) is 4.08. The van der Waals surface area contributed by atoms with Crippen molar-refractivity contribution >= 4 is 9.84 Å². The predicted molar refractivity (Wildman–Crippen MR) is 83.5 cm³/mol. The second kappa shape index (κ2) is 7.02. The standard InChI is InChI=1S/C15H20FN3O2S/c1-12(10-19-7-3-6-18-19)17-9-14-8-15(16)5-4-13(14)11-22(2,20)21/h3-8,12,17H,9-11H2,1-2H3. The van der Waals surface area contributed by atoms with Crippen LogP contribution in [-0.2, 0) is 28.7 Å². The van der Waals surface area contributed by atoms with Crippen molar-refractivity contribution in [2.24, 2.45) is 0 Å². The summed E-state index contributed by atoms with van der Waals surface area (Å²) in [6, 6.07) is 6.18. The first-order valence-corrected chi connectivity index (χ1v) is 9.05. The molecule has 0 aliphatic carbocycles. The first-order valence-electron chi connectivity index (χ1n) is 6.99. The van der Waals surface area contributed by atoms with Gasteiger partial charge in [-0.15, -0.1) is 0 Å². The van der Waals surface area contributed by atoms with Crippen molar-refractivity contribution in [3.8, 4) is 0 Å². The third kappa shape index (κ3) is 5.23. The molecule has 0 saturated carbocycles. The summed E-state index contributed by atoms with van der Waals surface area (Å²) in [6.07, 6.45) is 4.76. The molecule has 1 atom stereocenters. The van der Waals surface area contributed by atoms with E-state index in [2.05, 4.69) is 10.4 Å². The molecule has 2 rings (SSSR count). The summed E-state index contributed by atoms with van der Waals surface area (Å²) < 4.78 is 38.1. The summed E-state index contributed by atoms with van der Waals surface area (Å²) in [5.41, 5.74) is 1.29. The number of halogens is 1. The zero-order valence-electron chi connectivity index (χ0n) is 12.7. The number of hydrogen-bond donors (Lipinski definition) is 1. The number of sulfone groups is 1. The van der Waals surface area contributed by atoms with Crippen LogP contribution < -0.4 is 5.32 Å². The molecule has 1 unspecified atom stereocenters. The Morgan fingerprint density at radius 3 is 2.77 bits per heavy atom. The molecular weight excluding hydrogens is 305 g/mol. The van der Waals surface area contributed by atoms with Crippen LogP contribution >= 0.6 is 0 Å². The molecule has 7 heteroatoms. The Bertz CT molecular complexity index is 714. The van der Waals surface area contributed by atoms with Gasteiger partial charge >= 0.3 is 0 Å². The molecule has 1 heterocycles. The monoisotopic (exact) mass is 325 g/mol. The Kier molecular flexibility index (Phi) is 5.31. The van der Waals surface area contributed by atoms with E-state index in [0.717, 1.165) is 0 Å². The summed E-state index contributed by atoms with van der Waals surface area (Å²) >= 11 is 0. The fraction of sp³-hybridized carbons (Fsp3) is 0.400. The van der Waals surface area contributed by atoms with E-state index >= 15 is 0 Å². The Balaban J connectivity index is 2.03. The lowest BCUT2D eigenvalue weighted by Gasteiger charge is -2.16. The lowest BCUT2D eigenvalue weighted by atomic mass is 10.1. The molecule has 0 aliphatic heterocycles. The van der Waals surface area contributed by atoms with Gasteiger partial charge in [0.1, 0.15) is 5.82 Å². The molecule has 0 saturated heterocycles. The van der Waals surface area contributed by atoms with Crippen molar-refractivity contribution in [1.82, 2.24) is 15.1 Å². The summed E-state index contributed by atoms with van der Waals surface area (Å²) in [4.78, 5) is 0. The largest absolute Gasteiger partial charge is 0.308 e. The van der Waals surface area contributed by atoms with Crippen LogP contribution in [0.15, 0.2) is 36.7 Å². The highest BCUT2D eigenvalue weighted by Crippen LogP contribution is 2.14. The van der Waals surface area contributed by atoms with Crippen LogP contribution in [0.25, 0.3) is 0 Å². The van der Waals surface area contributed by atoms with Crippen molar-refractivity contribution in [2.45, 2.75) is 31.8 Å². The predicted octanol–water partition coefficient (Wildman–Crippen LogP) is 1.75. The van der Waals surface area contributed by atoms with Gasteiger partial charge in [0, 0.05) is 31.2 Å². The fourth-order valence-corrected chi connectivity index (χ4v) is 3.07. The van der Waals surface area contributed by atoms with Crippen LogP contribution in [0.4, 0.5) is 4.39 Å². The van der Waals surface area contributed by atoms with Crippen molar-refractivity contribution in [1.29, 1.82) is 0 Å². The number of nitrogens with zero attached hydrogens (tertiary/aromatic N) is 2. The molecule has 0 spiro atoms. The van der Waals surface area contributed by atoms with Gasteiger partial charge in [0.2, 0.25) is 0 Å². The smallest absolute Gasteiger partial charge is 0.151 e. The maximum Gasteiger partial charge on any atom is 0.151 e. The maximum absolute atomic E-state index is 13.4. The van der Waals surface area contributed by atoms with Gasteiger partial charge in [-0.05, 0) is 36.2 Å². The van der Waals surface area contributed by atoms with Gasteiger partial charge in [-0.1, -0.05) is 6.07 Å². The molecule has 0 fully saturated rings. The number of benzene rings is 1. The van der Waals surface area contributed by atoms with Crippen molar-refractivity contribution in [3.05, 3.63) is 53.6 Å². The van der Waals surface area contributed by atoms with Gasteiger partial charge < -0.3 is 5.32 Å². The lowest BCUT2D eigenvalue weighted by molar-refractivity contribution is 0.449. The van der Waals surface area contributed by atoms with Crippen LogP contribution in [0.3, 0.4) is 0 Å². The maximum atomic E-state index is 13.4. The minimum atomic E-state index is -3.16. The van der Waals surface area contributed by atoms with Gasteiger partial charge in [0.25, 0.3) is 0 Å². The SMILES string of the molecule is CC(Cn1cccn1)NCc1cc(F)ccc1CS(C)(=O)=O. The van der Waals surface area contributed by atoms with Gasteiger partial charge in [-0.3, -0.25) is 4.68 Å². The Morgan fingerprint density at radius 2 is 2.14 bits per heavy atom. The highest BCUT2D eigenvalue weighted by atomic mass is 32.2. The summed E-state index contributed by atoms with van der Waals surface area (Å²) in [5, 5.41) is 7.40. The Hall–Kier alpha value is -1.73. The zero-order valence-corrected chi connectivity index (χ0v) is 13.5.